The van der Waals surface area contributed by atoms with Crippen molar-refractivity contribution in [1.29, 1.82) is 0 Å². The van der Waals surface area contributed by atoms with Crippen LogP contribution in [0.3, 0.4) is 0 Å². The molecule has 0 aliphatic carbocycles. The zero-order chi connectivity index (χ0) is 12.5. The van der Waals surface area contributed by atoms with E-state index in [0.29, 0.717) is 28.1 Å². The topological polar surface area (TPSA) is 80.5 Å². The predicted octanol–water partition coefficient (Wildman–Crippen LogP) is 2.94. The summed E-state index contributed by atoms with van der Waals surface area (Å²) in [6.45, 7) is 0. The Hall–Kier alpha value is -1.73. The van der Waals surface area contributed by atoms with Gasteiger partial charge in [0.05, 0.1) is 10.6 Å². The molecular formula is C10H5BrClN5O. The highest BCUT2D eigenvalue weighted by molar-refractivity contribution is 9.10. The smallest absolute Gasteiger partial charge is 0.259 e. The molecule has 3 rings (SSSR count). The van der Waals surface area contributed by atoms with Gasteiger partial charge in [-0.25, -0.2) is 4.98 Å². The van der Waals surface area contributed by atoms with Crippen molar-refractivity contribution in [2.24, 2.45) is 0 Å². The quantitative estimate of drug-likeness (QED) is 0.783. The zero-order valence-electron chi connectivity index (χ0n) is 8.76. The molecule has 2 aromatic heterocycles. The van der Waals surface area contributed by atoms with Crippen LogP contribution < -0.4 is 0 Å². The maximum atomic E-state index is 6.15. The van der Waals surface area contributed by atoms with Gasteiger partial charge in [0.25, 0.3) is 5.89 Å². The average molecular weight is 327 g/mol. The Kier molecular flexibility index (Phi) is 2.85. The largest absolute Gasteiger partial charge is 0.333 e. The first-order chi connectivity index (χ1) is 8.75. The molecule has 0 saturated carbocycles. The standard InChI is InChI=1S/C10H5BrClN5O/c11-6-3-1-2-5(7(6)12)10-15-9(17-18-10)8-13-4-14-16-8/h1-4H,(H,13,14,16). The number of benzene rings is 1. The molecule has 2 heterocycles. The van der Waals surface area contributed by atoms with Crippen molar-refractivity contribution in [3.63, 3.8) is 0 Å². The highest BCUT2D eigenvalue weighted by atomic mass is 79.9. The summed E-state index contributed by atoms with van der Waals surface area (Å²) in [5, 5.41) is 10.7. The second-order valence-electron chi connectivity index (χ2n) is 3.36. The van der Waals surface area contributed by atoms with Crippen molar-refractivity contribution < 1.29 is 4.52 Å². The van der Waals surface area contributed by atoms with Gasteiger partial charge < -0.3 is 4.52 Å². The molecule has 8 heteroatoms. The van der Waals surface area contributed by atoms with Gasteiger partial charge in [0.1, 0.15) is 6.33 Å². The molecule has 0 spiro atoms. The van der Waals surface area contributed by atoms with E-state index in [2.05, 4.69) is 41.3 Å². The highest BCUT2D eigenvalue weighted by Gasteiger charge is 2.15. The summed E-state index contributed by atoms with van der Waals surface area (Å²) in [6.07, 6.45) is 1.37. The Labute approximate surface area is 115 Å². The van der Waals surface area contributed by atoms with Crippen molar-refractivity contribution in [2.75, 3.05) is 0 Å². The lowest BCUT2D eigenvalue weighted by molar-refractivity contribution is 0.432. The van der Waals surface area contributed by atoms with Crippen molar-refractivity contribution in [3.8, 4) is 23.1 Å². The van der Waals surface area contributed by atoms with Crippen molar-refractivity contribution >= 4 is 27.5 Å². The molecule has 1 N–H and O–H groups in total. The number of aromatic nitrogens is 5. The van der Waals surface area contributed by atoms with E-state index in [1.807, 2.05) is 12.1 Å². The Balaban J connectivity index is 2.06. The fourth-order valence-electron chi connectivity index (χ4n) is 1.41. The molecule has 0 fully saturated rings. The van der Waals surface area contributed by atoms with Crippen LogP contribution in [-0.2, 0) is 0 Å². The summed E-state index contributed by atoms with van der Waals surface area (Å²) in [5.74, 6) is 1.10. The predicted molar refractivity (Wildman–Crippen MR) is 67.8 cm³/mol. The van der Waals surface area contributed by atoms with Gasteiger partial charge in [0.2, 0.25) is 5.82 Å². The molecule has 90 valence electrons. The molecule has 3 aromatic rings. The number of nitrogens with one attached hydrogen (secondary N) is 1. The molecule has 0 radical (unpaired) electrons. The summed E-state index contributed by atoms with van der Waals surface area (Å²) >= 11 is 9.49. The number of hydrogen-bond acceptors (Lipinski definition) is 5. The number of halogens is 2. The van der Waals surface area contributed by atoms with Crippen LogP contribution in [0.15, 0.2) is 33.5 Å². The fraction of sp³-hybridized carbons (Fsp3) is 0. The maximum Gasteiger partial charge on any atom is 0.259 e. The molecule has 6 nitrogen and oxygen atoms in total. The average Bonchev–Trinajstić information content (AvgIpc) is 3.01. The van der Waals surface area contributed by atoms with Gasteiger partial charge in [-0.3, -0.25) is 5.10 Å². The Morgan fingerprint density at radius 2 is 2.22 bits per heavy atom. The van der Waals surface area contributed by atoms with E-state index in [1.165, 1.54) is 6.33 Å². The summed E-state index contributed by atoms with van der Waals surface area (Å²) in [5.41, 5.74) is 0.657. The summed E-state index contributed by atoms with van der Waals surface area (Å²) in [6, 6.07) is 5.47. The molecule has 0 unspecified atom stereocenters. The van der Waals surface area contributed by atoms with Crippen LogP contribution in [0.2, 0.25) is 5.02 Å². The molecule has 0 atom stereocenters. The van der Waals surface area contributed by atoms with Gasteiger partial charge in [0, 0.05) is 4.47 Å². The van der Waals surface area contributed by atoms with Crippen LogP contribution in [0.5, 0.6) is 0 Å². The van der Waals surface area contributed by atoms with Gasteiger partial charge >= 0.3 is 0 Å². The van der Waals surface area contributed by atoms with E-state index in [4.69, 9.17) is 16.1 Å². The summed E-state index contributed by atoms with van der Waals surface area (Å²) < 4.78 is 5.92. The normalized spacial score (nSPS) is 10.8. The van der Waals surface area contributed by atoms with Crippen molar-refractivity contribution in [3.05, 3.63) is 34.0 Å². The first kappa shape index (κ1) is 11.4. The molecule has 0 aliphatic heterocycles. The van der Waals surface area contributed by atoms with Crippen LogP contribution in [-0.4, -0.2) is 25.3 Å². The molecule has 0 saturated heterocycles. The second-order valence-corrected chi connectivity index (χ2v) is 4.59. The van der Waals surface area contributed by atoms with Gasteiger partial charge in [-0.1, -0.05) is 22.8 Å². The molecule has 0 bridgehead atoms. The van der Waals surface area contributed by atoms with Crippen LogP contribution >= 0.6 is 27.5 Å². The maximum absolute atomic E-state index is 6.15. The summed E-state index contributed by atoms with van der Waals surface area (Å²) in [4.78, 5) is 8.15. The molecule has 1 aromatic carbocycles. The highest BCUT2D eigenvalue weighted by Crippen LogP contribution is 2.33. The first-order valence-electron chi connectivity index (χ1n) is 4.89. The SMILES string of the molecule is Clc1c(Br)cccc1-c1nc(-c2ncn[nH]2)no1. The second kappa shape index (κ2) is 4.51. The van der Waals surface area contributed by atoms with Crippen LogP contribution in [0.4, 0.5) is 0 Å². The summed E-state index contributed by atoms with van der Waals surface area (Å²) in [7, 11) is 0. The lowest BCUT2D eigenvalue weighted by atomic mass is 10.2. The third-order valence-corrected chi connectivity index (χ3v) is 3.53. The number of rotatable bonds is 2. The van der Waals surface area contributed by atoms with Crippen molar-refractivity contribution in [1.82, 2.24) is 25.3 Å². The zero-order valence-corrected chi connectivity index (χ0v) is 11.1. The molecule has 0 amide bonds. The van der Waals surface area contributed by atoms with E-state index in [9.17, 15) is 0 Å². The lowest BCUT2D eigenvalue weighted by Crippen LogP contribution is -1.84. The van der Waals surface area contributed by atoms with E-state index >= 15 is 0 Å². The van der Waals surface area contributed by atoms with Gasteiger partial charge in [-0.15, -0.1) is 0 Å². The third kappa shape index (κ3) is 1.91. The number of H-pyrrole nitrogens is 1. The van der Waals surface area contributed by atoms with E-state index in [1.54, 1.807) is 6.07 Å². The van der Waals surface area contributed by atoms with Gasteiger partial charge in [0.15, 0.2) is 5.82 Å². The van der Waals surface area contributed by atoms with Crippen LogP contribution in [0.1, 0.15) is 0 Å². The first-order valence-corrected chi connectivity index (χ1v) is 6.06. The minimum Gasteiger partial charge on any atom is -0.333 e. The van der Waals surface area contributed by atoms with E-state index in [0.717, 1.165) is 4.47 Å². The number of aromatic amines is 1. The van der Waals surface area contributed by atoms with Gasteiger partial charge in [-0.05, 0) is 28.1 Å². The Morgan fingerprint density at radius 3 is 3.00 bits per heavy atom. The molecule has 18 heavy (non-hydrogen) atoms. The minimum absolute atomic E-state index is 0.327. The van der Waals surface area contributed by atoms with Gasteiger partial charge in [-0.2, -0.15) is 10.1 Å². The fourth-order valence-corrected chi connectivity index (χ4v) is 1.98. The Bertz CT molecular complexity index is 681. The molecular weight excluding hydrogens is 322 g/mol. The Morgan fingerprint density at radius 1 is 1.33 bits per heavy atom. The minimum atomic E-state index is 0.327. The molecule has 0 aliphatic rings. The van der Waals surface area contributed by atoms with Crippen molar-refractivity contribution in [2.45, 2.75) is 0 Å². The number of nitrogens with zero attached hydrogens (tertiary/aromatic N) is 4. The third-order valence-electron chi connectivity index (χ3n) is 2.23. The van der Waals surface area contributed by atoms with E-state index < -0.39 is 0 Å². The van der Waals surface area contributed by atoms with Crippen LogP contribution in [0.25, 0.3) is 23.1 Å². The van der Waals surface area contributed by atoms with E-state index in [-0.39, 0.29) is 0 Å². The van der Waals surface area contributed by atoms with Crippen LogP contribution in [0, 0.1) is 0 Å². The monoisotopic (exact) mass is 325 g/mol. The lowest BCUT2D eigenvalue weighted by Gasteiger charge is -1.99. The number of hydrogen-bond donors (Lipinski definition) is 1.